The number of aliphatic hydroxyl groups excluding tert-OH is 1. The number of alkyl halides is 1. The van der Waals surface area contributed by atoms with E-state index < -0.39 is 5.67 Å². The lowest BCUT2D eigenvalue weighted by Crippen LogP contribution is -2.47. The van der Waals surface area contributed by atoms with Crippen molar-refractivity contribution in [2.75, 3.05) is 0 Å². The Kier molecular flexibility index (Phi) is 1.51. The van der Waals surface area contributed by atoms with Crippen LogP contribution in [-0.4, -0.2) is 16.9 Å². The summed E-state index contributed by atoms with van der Waals surface area (Å²) in [5, 5.41) is 8.79. The Morgan fingerprint density at radius 1 is 1.56 bits per heavy atom. The maximum atomic E-state index is 13.1. The Morgan fingerprint density at radius 2 is 2.00 bits per heavy atom. The van der Waals surface area contributed by atoms with Crippen LogP contribution in [0.25, 0.3) is 0 Å². The predicted octanol–water partition coefficient (Wildman–Crippen LogP) is 1.51. The molecule has 54 valence electrons. The number of rotatable bonds is 1. The minimum absolute atomic E-state index is 0.0564. The van der Waals surface area contributed by atoms with Gasteiger partial charge in [0.1, 0.15) is 5.67 Å². The summed E-state index contributed by atoms with van der Waals surface area (Å²) >= 11 is 0. The molecule has 0 heterocycles. The van der Waals surface area contributed by atoms with E-state index in [1.54, 1.807) is 0 Å². The molecule has 0 atom stereocenters. The van der Waals surface area contributed by atoms with Crippen molar-refractivity contribution in [3.05, 3.63) is 0 Å². The summed E-state index contributed by atoms with van der Waals surface area (Å²) < 4.78 is 13.1. The van der Waals surface area contributed by atoms with Gasteiger partial charge in [-0.2, -0.15) is 0 Å². The summed E-state index contributed by atoms with van der Waals surface area (Å²) in [4.78, 5) is 0. The quantitative estimate of drug-likeness (QED) is 0.573. The first-order valence-electron chi connectivity index (χ1n) is 3.41. The zero-order valence-electron chi connectivity index (χ0n) is 5.89. The van der Waals surface area contributed by atoms with Crippen LogP contribution in [0.3, 0.4) is 0 Å². The van der Waals surface area contributed by atoms with E-state index in [-0.39, 0.29) is 12.0 Å². The summed E-state index contributed by atoms with van der Waals surface area (Å²) in [6, 6.07) is 0. The van der Waals surface area contributed by atoms with Gasteiger partial charge >= 0.3 is 0 Å². The van der Waals surface area contributed by atoms with Gasteiger partial charge in [-0.25, -0.2) is 4.39 Å². The number of hydrogen-bond donors (Lipinski definition) is 1. The zero-order valence-corrected chi connectivity index (χ0v) is 5.89. The predicted molar refractivity (Wildman–Crippen MR) is 33.9 cm³/mol. The van der Waals surface area contributed by atoms with Crippen LogP contribution >= 0.6 is 0 Å². The van der Waals surface area contributed by atoms with Crippen LogP contribution in [0.1, 0.15) is 26.7 Å². The Hall–Kier alpha value is -0.110. The fourth-order valence-electron chi connectivity index (χ4n) is 1.20. The van der Waals surface area contributed by atoms with Crippen molar-refractivity contribution in [2.45, 2.75) is 38.5 Å². The second-order valence-corrected chi connectivity index (χ2v) is 3.25. The highest BCUT2D eigenvalue weighted by Gasteiger charge is 2.46. The maximum absolute atomic E-state index is 13.1. The lowest BCUT2D eigenvalue weighted by Gasteiger charge is -2.41. The van der Waals surface area contributed by atoms with Crippen molar-refractivity contribution in [2.24, 2.45) is 5.92 Å². The van der Waals surface area contributed by atoms with Gasteiger partial charge in [-0.05, 0) is 5.92 Å². The lowest BCUT2D eigenvalue weighted by atomic mass is 9.72. The van der Waals surface area contributed by atoms with Crippen molar-refractivity contribution in [1.82, 2.24) is 0 Å². The van der Waals surface area contributed by atoms with E-state index in [1.165, 1.54) is 0 Å². The molecule has 9 heavy (non-hydrogen) atoms. The van der Waals surface area contributed by atoms with Crippen molar-refractivity contribution >= 4 is 0 Å². The Balaban J connectivity index is 2.40. The summed E-state index contributed by atoms with van der Waals surface area (Å²) in [5.41, 5.74) is -1.06. The normalized spacial score (nSPS) is 43.0. The smallest absolute Gasteiger partial charge is 0.118 e. The molecule has 0 spiro atoms. The van der Waals surface area contributed by atoms with Crippen LogP contribution in [0.4, 0.5) is 4.39 Å². The molecule has 1 rings (SSSR count). The van der Waals surface area contributed by atoms with Gasteiger partial charge in [0, 0.05) is 12.8 Å². The standard InChI is InChI=1S/C7H13FO/c1-5(2)7(8)3-6(9)4-7/h5-6,9H,3-4H2,1-2H3. The molecular weight excluding hydrogens is 119 g/mol. The van der Waals surface area contributed by atoms with E-state index in [2.05, 4.69) is 0 Å². The van der Waals surface area contributed by atoms with E-state index in [4.69, 9.17) is 5.11 Å². The second kappa shape index (κ2) is 1.94. The van der Waals surface area contributed by atoms with Gasteiger partial charge in [-0.3, -0.25) is 0 Å². The molecule has 2 heteroatoms. The largest absolute Gasteiger partial charge is 0.393 e. The maximum Gasteiger partial charge on any atom is 0.118 e. The van der Waals surface area contributed by atoms with Crippen LogP contribution in [0.5, 0.6) is 0 Å². The van der Waals surface area contributed by atoms with Gasteiger partial charge in [0.2, 0.25) is 0 Å². The van der Waals surface area contributed by atoms with Crippen LogP contribution in [-0.2, 0) is 0 Å². The molecule has 0 aromatic carbocycles. The molecule has 1 fully saturated rings. The van der Waals surface area contributed by atoms with Gasteiger partial charge in [0.25, 0.3) is 0 Å². The first kappa shape index (κ1) is 7.00. The Bertz CT molecular complexity index is 105. The highest BCUT2D eigenvalue weighted by molar-refractivity contribution is 4.96. The van der Waals surface area contributed by atoms with E-state index in [1.807, 2.05) is 13.8 Å². The molecular formula is C7H13FO. The third-order valence-electron chi connectivity index (χ3n) is 2.18. The van der Waals surface area contributed by atoms with Gasteiger partial charge in [-0.15, -0.1) is 0 Å². The molecule has 1 N–H and O–H groups in total. The molecule has 0 radical (unpaired) electrons. The summed E-state index contributed by atoms with van der Waals surface area (Å²) in [6.45, 7) is 3.71. The molecule has 0 aromatic rings. The Labute approximate surface area is 54.9 Å². The molecule has 0 amide bonds. The molecule has 1 aliphatic rings. The number of halogens is 1. The molecule has 1 nitrogen and oxygen atoms in total. The average molecular weight is 132 g/mol. The summed E-state index contributed by atoms with van der Waals surface area (Å²) in [5.74, 6) is 0.0564. The molecule has 0 saturated heterocycles. The highest BCUT2D eigenvalue weighted by atomic mass is 19.1. The van der Waals surface area contributed by atoms with Gasteiger partial charge in [0.15, 0.2) is 0 Å². The van der Waals surface area contributed by atoms with E-state index >= 15 is 0 Å². The van der Waals surface area contributed by atoms with Crippen molar-refractivity contribution in [3.63, 3.8) is 0 Å². The third-order valence-corrected chi connectivity index (χ3v) is 2.18. The van der Waals surface area contributed by atoms with Crippen LogP contribution in [0.15, 0.2) is 0 Å². The van der Waals surface area contributed by atoms with Crippen LogP contribution in [0, 0.1) is 5.92 Å². The topological polar surface area (TPSA) is 20.2 Å². The van der Waals surface area contributed by atoms with Crippen molar-refractivity contribution in [3.8, 4) is 0 Å². The molecule has 0 aromatic heterocycles. The first-order valence-corrected chi connectivity index (χ1v) is 3.41. The molecule has 0 aliphatic heterocycles. The van der Waals surface area contributed by atoms with Crippen LogP contribution < -0.4 is 0 Å². The van der Waals surface area contributed by atoms with E-state index in [0.29, 0.717) is 12.8 Å². The summed E-state index contributed by atoms with van der Waals surface area (Å²) in [7, 11) is 0. The van der Waals surface area contributed by atoms with Crippen molar-refractivity contribution < 1.29 is 9.50 Å². The monoisotopic (exact) mass is 132 g/mol. The molecule has 1 aliphatic carbocycles. The number of aliphatic hydroxyl groups is 1. The molecule has 0 bridgehead atoms. The second-order valence-electron chi connectivity index (χ2n) is 3.25. The fraction of sp³-hybridized carbons (Fsp3) is 1.00. The SMILES string of the molecule is CC(C)C1(F)CC(O)C1. The Morgan fingerprint density at radius 3 is 2.11 bits per heavy atom. The van der Waals surface area contributed by atoms with Crippen LogP contribution in [0.2, 0.25) is 0 Å². The highest BCUT2D eigenvalue weighted by Crippen LogP contribution is 2.41. The van der Waals surface area contributed by atoms with Gasteiger partial charge in [0.05, 0.1) is 6.10 Å². The van der Waals surface area contributed by atoms with Gasteiger partial charge < -0.3 is 5.11 Å². The number of hydrogen-bond acceptors (Lipinski definition) is 1. The van der Waals surface area contributed by atoms with E-state index in [0.717, 1.165) is 0 Å². The fourth-order valence-corrected chi connectivity index (χ4v) is 1.20. The zero-order chi connectivity index (χ0) is 7.07. The molecule has 0 unspecified atom stereocenters. The third kappa shape index (κ3) is 1.08. The lowest BCUT2D eigenvalue weighted by molar-refractivity contribution is -0.0837. The average Bonchev–Trinajstić information content (AvgIpc) is 1.62. The molecule has 1 saturated carbocycles. The van der Waals surface area contributed by atoms with Crippen molar-refractivity contribution in [1.29, 1.82) is 0 Å². The summed E-state index contributed by atoms with van der Waals surface area (Å²) in [6.07, 6.45) is 0.299. The van der Waals surface area contributed by atoms with Gasteiger partial charge in [-0.1, -0.05) is 13.8 Å². The van der Waals surface area contributed by atoms with E-state index in [9.17, 15) is 4.39 Å². The first-order chi connectivity index (χ1) is 4.04. The minimum Gasteiger partial charge on any atom is -0.393 e. The minimum atomic E-state index is -1.06.